The normalized spacial score (nSPS) is 13.4. The molecule has 2 rings (SSSR count). The van der Waals surface area contributed by atoms with Crippen molar-refractivity contribution >= 4 is 28.7 Å². The molecule has 0 aliphatic heterocycles. The molecule has 1 aromatic carbocycles. The molecule has 0 unspecified atom stereocenters. The van der Waals surface area contributed by atoms with Gasteiger partial charge in [-0.1, -0.05) is 45.9 Å². The molecule has 27 heavy (non-hydrogen) atoms. The number of aromatic nitrogens is 1. The summed E-state index contributed by atoms with van der Waals surface area (Å²) in [5.74, 6) is -0.245. The van der Waals surface area contributed by atoms with Crippen molar-refractivity contribution in [2.45, 2.75) is 44.3 Å². The molecule has 9 heteroatoms. The van der Waals surface area contributed by atoms with Gasteiger partial charge in [-0.3, -0.25) is 0 Å². The Kier molecular flexibility index (Phi) is 5.87. The van der Waals surface area contributed by atoms with Gasteiger partial charge in [0.15, 0.2) is 0 Å². The zero-order valence-corrected chi connectivity index (χ0v) is 17.7. The van der Waals surface area contributed by atoms with Gasteiger partial charge in [0.05, 0.1) is 0 Å². The second-order valence-electron chi connectivity index (χ2n) is 7.16. The van der Waals surface area contributed by atoms with Crippen LogP contribution in [0.5, 0.6) is 5.75 Å². The van der Waals surface area contributed by atoms with E-state index in [-0.39, 0.29) is 16.8 Å². The maximum atomic E-state index is 12.9. The number of alkyl halides is 3. The van der Waals surface area contributed by atoms with Crippen LogP contribution in [0.15, 0.2) is 42.6 Å². The van der Waals surface area contributed by atoms with Gasteiger partial charge in [-0.05, 0) is 34.5 Å². The summed E-state index contributed by atoms with van der Waals surface area (Å²) in [6.45, 7) is 8.09. The summed E-state index contributed by atoms with van der Waals surface area (Å²) in [7, 11) is -6.55. The first-order chi connectivity index (χ1) is 12.4. The van der Waals surface area contributed by atoms with Gasteiger partial charge >= 0.3 is 15.6 Å². The van der Waals surface area contributed by atoms with Crippen molar-refractivity contribution in [1.29, 1.82) is 0 Å². The van der Waals surface area contributed by atoms with Gasteiger partial charge in [0.1, 0.15) is 13.8 Å². The summed E-state index contributed by atoms with van der Waals surface area (Å²) in [6, 6.07) is 10.0. The lowest BCUT2D eigenvalue weighted by atomic mass is 10.3. The van der Waals surface area contributed by atoms with E-state index in [9.17, 15) is 21.6 Å². The van der Waals surface area contributed by atoms with E-state index in [0.717, 1.165) is 5.32 Å². The highest BCUT2D eigenvalue weighted by atomic mass is 32.2. The van der Waals surface area contributed by atoms with E-state index >= 15 is 0 Å². The summed E-state index contributed by atoms with van der Waals surface area (Å²) >= 11 is 0. The highest BCUT2D eigenvalue weighted by Gasteiger charge is 2.51. The van der Waals surface area contributed by atoms with Gasteiger partial charge < -0.3 is 8.75 Å². The van der Waals surface area contributed by atoms with E-state index in [0.29, 0.717) is 5.19 Å². The van der Waals surface area contributed by atoms with Gasteiger partial charge in [0.2, 0.25) is 0 Å². The van der Waals surface area contributed by atoms with Crippen LogP contribution in [0, 0.1) is 0 Å². The summed E-state index contributed by atoms with van der Waals surface area (Å²) in [6.07, 6.45) is 1.89. The van der Waals surface area contributed by atoms with Gasteiger partial charge in [-0.15, -0.1) is 0 Å². The Balaban J connectivity index is 2.79. The van der Waals surface area contributed by atoms with E-state index in [2.05, 4.69) is 4.18 Å². The number of aryl methyl sites for hydroxylation is 1. The Hall–Kier alpha value is -1.74. The summed E-state index contributed by atoms with van der Waals surface area (Å²) in [5.41, 5.74) is -5.31. The minimum absolute atomic E-state index is 0.0874. The van der Waals surface area contributed by atoms with Crippen molar-refractivity contribution in [3.63, 3.8) is 0 Å². The molecule has 0 radical (unpaired) electrons. The van der Waals surface area contributed by atoms with Crippen LogP contribution in [-0.2, 0) is 17.2 Å². The molecular formula is C18H24F3NO3SSi. The van der Waals surface area contributed by atoms with Gasteiger partial charge in [0.25, 0.3) is 0 Å². The minimum atomic E-state index is -5.75. The molecule has 0 saturated heterocycles. The lowest BCUT2D eigenvalue weighted by molar-refractivity contribution is -0.0499. The Labute approximate surface area is 159 Å². The molecule has 0 atom stereocenters. The standard InChI is InChI=1S/C18H24F3NO3SSi/c1-13(2)27(14(3)4,17-11-8-12-22(17)5)16-10-7-6-9-15(16)25-26(23,24)18(19,20)21/h6-14H,1-5H3. The van der Waals surface area contributed by atoms with Gasteiger partial charge in [-0.2, -0.15) is 21.6 Å². The molecule has 0 spiro atoms. The molecule has 1 heterocycles. The maximum absolute atomic E-state index is 12.9. The van der Waals surface area contributed by atoms with Gasteiger partial charge in [0, 0.05) is 18.6 Å². The molecule has 0 bridgehead atoms. The summed E-state index contributed by atoms with van der Waals surface area (Å²) < 4.78 is 68.6. The molecule has 1 aromatic heterocycles. The van der Waals surface area contributed by atoms with Crippen LogP contribution >= 0.6 is 0 Å². The van der Waals surface area contributed by atoms with E-state index in [1.165, 1.54) is 12.1 Å². The molecular weight excluding hydrogens is 395 g/mol. The maximum Gasteiger partial charge on any atom is 0.534 e. The predicted molar refractivity (Wildman–Crippen MR) is 103 cm³/mol. The SMILES string of the molecule is CC(C)[Si](c1ccccc1OS(=O)(=O)C(F)(F)F)(c1cccn1C)C(C)C. The first-order valence-corrected chi connectivity index (χ1v) is 12.1. The van der Waals surface area contributed by atoms with E-state index in [1.807, 2.05) is 57.6 Å². The van der Waals surface area contributed by atoms with Crippen molar-refractivity contribution in [2.75, 3.05) is 0 Å². The highest BCUT2D eigenvalue weighted by molar-refractivity contribution is 7.88. The average molecular weight is 420 g/mol. The number of halogens is 3. The third-order valence-electron chi connectivity index (χ3n) is 5.00. The van der Waals surface area contributed by atoms with E-state index in [4.69, 9.17) is 0 Å². The van der Waals surface area contributed by atoms with Crippen LogP contribution in [-0.4, -0.2) is 26.6 Å². The van der Waals surface area contributed by atoms with Crippen molar-refractivity contribution in [3.05, 3.63) is 42.6 Å². The Morgan fingerprint density at radius 1 is 1.00 bits per heavy atom. The monoisotopic (exact) mass is 419 g/mol. The molecule has 0 amide bonds. The first kappa shape index (κ1) is 21.6. The quantitative estimate of drug-likeness (QED) is 0.408. The zero-order valence-electron chi connectivity index (χ0n) is 15.9. The zero-order chi connectivity index (χ0) is 20.6. The molecule has 0 N–H and O–H groups in total. The molecule has 150 valence electrons. The summed E-state index contributed by atoms with van der Waals surface area (Å²) in [5, 5.41) is 1.55. The average Bonchev–Trinajstić information content (AvgIpc) is 2.94. The van der Waals surface area contributed by atoms with E-state index in [1.54, 1.807) is 12.1 Å². The summed E-state index contributed by atoms with van der Waals surface area (Å²) in [4.78, 5) is 0. The van der Waals surface area contributed by atoms with Crippen LogP contribution in [0.2, 0.25) is 11.1 Å². The number of hydrogen-bond acceptors (Lipinski definition) is 3. The van der Waals surface area contributed by atoms with Crippen LogP contribution in [0.3, 0.4) is 0 Å². The second kappa shape index (κ2) is 7.35. The Morgan fingerprint density at radius 2 is 1.56 bits per heavy atom. The van der Waals surface area contributed by atoms with Crippen LogP contribution in [0.4, 0.5) is 13.2 Å². The Bertz CT molecular complexity index is 897. The lowest BCUT2D eigenvalue weighted by Crippen LogP contribution is -2.64. The fourth-order valence-electron chi connectivity index (χ4n) is 3.96. The van der Waals surface area contributed by atoms with Crippen molar-refractivity contribution in [1.82, 2.24) is 4.57 Å². The second-order valence-corrected chi connectivity index (χ2v) is 13.8. The lowest BCUT2D eigenvalue weighted by Gasteiger charge is -2.41. The van der Waals surface area contributed by atoms with Crippen molar-refractivity contribution in [3.8, 4) is 5.75 Å². The highest BCUT2D eigenvalue weighted by Crippen LogP contribution is 2.35. The van der Waals surface area contributed by atoms with Crippen molar-refractivity contribution in [2.24, 2.45) is 7.05 Å². The smallest absolute Gasteiger partial charge is 0.376 e. The molecule has 4 nitrogen and oxygen atoms in total. The predicted octanol–water partition coefficient (Wildman–Crippen LogP) is 3.64. The van der Waals surface area contributed by atoms with E-state index < -0.39 is 23.7 Å². The third kappa shape index (κ3) is 3.67. The topological polar surface area (TPSA) is 48.3 Å². The molecule has 0 fully saturated rings. The molecule has 0 aliphatic carbocycles. The number of benzene rings is 1. The van der Waals surface area contributed by atoms with Crippen LogP contribution < -0.4 is 14.7 Å². The molecule has 0 aliphatic rings. The number of hydrogen-bond donors (Lipinski definition) is 0. The molecule has 2 aromatic rings. The largest absolute Gasteiger partial charge is 0.534 e. The minimum Gasteiger partial charge on any atom is -0.376 e. The van der Waals surface area contributed by atoms with Crippen LogP contribution in [0.1, 0.15) is 27.7 Å². The third-order valence-corrected chi connectivity index (χ3v) is 12.3. The van der Waals surface area contributed by atoms with Gasteiger partial charge in [-0.25, -0.2) is 0 Å². The van der Waals surface area contributed by atoms with Crippen molar-refractivity contribution < 1.29 is 25.8 Å². The van der Waals surface area contributed by atoms with Crippen LogP contribution in [0.25, 0.3) is 0 Å². The number of para-hydroxylation sites is 1. The fourth-order valence-corrected chi connectivity index (χ4v) is 10.5. The fraction of sp³-hybridized carbons (Fsp3) is 0.444. The number of nitrogens with zero attached hydrogens (tertiary/aromatic N) is 1. The first-order valence-electron chi connectivity index (χ1n) is 8.57. The molecule has 0 saturated carbocycles. The Morgan fingerprint density at radius 3 is 2.00 bits per heavy atom. The number of rotatable bonds is 6.